The molecule has 1 atom stereocenters. The summed E-state index contributed by atoms with van der Waals surface area (Å²) < 4.78 is 49.0. The summed E-state index contributed by atoms with van der Waals surface area (Å²) in [4.78, 5) is 12.8. The maximum atomic E-state index is 12.9. The second-order valence-corrected chi connectivity index (χ2v) is 10.4. The lowest BCUT2D eigenvalue weighted by molar-refractivity contribution is 0.102. The van der Waals surface area contributed by atoms with E-state index < -0.39 is 15.9 Å². The number of rotatable bonds is 8. The van der Waals surface area contributed by atoms with Crippen LogP contribution in [0.2, 0.25) is 0 Å². The predicted molar refractivity (Wildman–Crippen MR) is 131 cm³/mol. The molecule has 1 aliphatic heterocycles. The SMILES string of the molecule is COc1cc(-c2nnc(NC(=O)c3ccc(S(=O)(=O)N4CCCC(C)C4)cc3)o2)cc(OC)c1OC. The van der Waals surface area contributed by atoms with Gasteiger partial charge in [0.2, 0.25) is 21.7 Å². The maximum absolute atomic E-state index is 12.9. The van der Waals surface area contributed by atoms with Gasteiger partial charge in [0, 0.05) is 24.2 Å². The molecule has 12 heteroatoms. The molecule has 2 heterocycles. The Labute approximate surface area is 209 Å². The molecule has 0 spiro atoms. The average Bonchev–Trinajstić information content (AvgIpc) is 3.36. The summed E-state index contributed by atoms with van der Waals surface area (Å²) in [5, 5.41) is 10.4. The van der Waals surface area contributed by atoms with Crippen molar-refractivity contribution >= 4 is 21.9 Å². The van der Waals surface area contributed by atoms with E-state index >= 15 is 0 Å². The van der Waals surface area contributed by atoms with E-state index in [1.165, 1.54) is 49.9 Å². The van der Waals surface area contributed by atoms with Crippen LogP contribution in [0.3, 0.4) is 0 Å². The van der Waals surface area contributed by atoms with Gasteiger partial charge in [-0.3, -0.25) is 10.1 Å². The molecule has 1 aliphatic rings. The summed E-state index contributed by atoms with van der Waals surface area (Å²) in [5.41, 5.74) is 0.743. The molecular weight excluding hydrogens is 488 g/mol. The molecule has 0 bridgehead atoms. The second-order valence-electron chi connectivity index (χ2n) is 8.42. The van der Waals surface area contributed by atoms with Gasteiger partial charge in [0.15, 0.2) is 11.5 Å². The number of benzene rings is 2. The molecule has 0 radical (unpaired) electrons. The fourth-order valence-corrected chi connectivity index (χ4v) is 5.65. The summed E-state index contributed by atoms with van der Waals surface area (Å²) in [7, 11) is 0.868. The zero-order valence-corrected chi connectivity index (χ0v) is 21.3. The number of nitrogens with zero attached hydrogens (tertiary/aromatic N) is 3. The summed E-state index contributed by atoms with van der Waals surface area (Å²) in [5.74, 6) is 1.15. The van der Waals surface area contributed by atoms with Gasteiger partial charge < -0.3 is 18.6 Å². The minimum Gasteiger partial charge on any atom is -0.493 e. The highest BCUT2D eigenvalue weighted by Crippen LogP contribution is 2.41. The Morgan fingerprint density at radius 1 is 1.06 bits per heavy atom. The van der Waals surface area contributed by atoms with E-state index in [0.29, 0.717) is 41.8 Å². The number of carbonyl (C=O) groups excluding carboxylic acids is 1. The van der Waals surface area contributed by atoms with Gasteiger partial charge in [0.25, 0.3) is 5.91 Å². The Morgan fingerprint density at radius 2 is 1.72 bits per heavy atom. The highest BCUT2D eigenvalue weighted by atomic mass is 32.2. The first-order chi connectivity index (χ1) is 17.3. The van der Waals surface area contributed by atoms with Crippen LogP contribution in [0.1, 0.15) is 30.1 Å². The van der Waals surface area contributed by atoms with Crippen LogP contribution in [0, 0.1) is 5.92 Å². The molecule has 3 aromatic rings. The Morgan fingerprint density at radius 3 is 2.31 bits per heavy atom. The molecule has 1 fully saturated rings. The lowest BCUT2D eigenvalue weighted by atomic mass is 10.0. The van der Waals surface area contributed by atoms with Crippen LogP contribution >= 0.6 is 0 Å². The molecule has 1 unspecified atom stereocenters. The van der Waals surface area contributed by atoms with Gasteiger partial charge in [-0.15, -0.1) is 5.10 Å². The predicted octanol–water partition coefficient (Wildman–Crippen LogP) is 3.44. The second kappa shape index (κ2) is 10.5. The van der Waals surface area contributed by atoms with Gasteiger partial charge in [-0.1, -0.05) is 12.0 Å². The minimum atomic E-state index is -3.61. The number of ether oxygens (including phenoxy) is 3. The van der Waals surface area contributed by atoms with Crippen LogP contribution < -0.4 is 19.5 Å². The Balaban J connectivity index is 1.48. The van der Waals surface area contributed by atoms with Crippen molar-refractivity contribution in [3.63, 3.8) is 0 Å². The number of hydrogen-bond donors (Lipinski definition) is 1. The quantitative estimate of drug-likeness (QED) is 0.478. The number of methoxy groups -OCH3 is 3. The van der Waals surface area contributed by atoms with E-state index in [-0.39, 0.29) is 22.4 Å². The van der Waals surface area contributed by atoms with Gasteiger partial charge >= 0.3 is 6.01 Å². The first-order valence-electron chi connectivity index (χ1n) is 11.3. The number of sulfonamides is 1. The van der Waals surface area contributed by atoms with Gasteiger partial charge in [0.05, 0.1) is 26.2 Å². The van der Waals surface area contributed by atoms with Crippen LogP contribution in [0.25, 0.3) is 11.5 Å². The summed E-state index contributed by atoms with van der Waals surface area (Å²) in [6, 6.07) is 8.92. The molecule has 1 N–H and O–H groups in total. The summed E-state index contributed by atoms with van der Waals surface area (Å²) >= 11 is 0. The molecule has 2 aromatic carbocycles. The Bertz CT molecular complexity index is 1310. The van der Waals surface area contributed by atoms with Crippen LogP contribution in [-0.2, 0) is 10.0 Å². The molecule has 11 nitrogen and oxygen atoms in total. The third-order valence-electron chi connectivity index (χ3n) is 5.93. The molecule has 0 aliphatic carbocycles. The number of piperidine rings is 1. The Kier molecular flexibility index (Phi) is 7.45. The molecule has 1 amide bonds. The number of hydrogen-bond acceptors (Lipinski definition) is 9. The van der Waals surface area contributed by atoms with E-state index in [2.05, 4.69) is 15.5 Å². The molecular formula is C24H28N4O7S. The molecule has 1 aromatic heterocycles. The normalized spacial score (nSPS) is 16.4. The van der Waals surface area contributed by atoms with Crippen molar-refractivity contribution in [3.8, 4) is 28.7 Å². The lowest BCUT2D eigenvalue weighted by Gasteiger charge is -2.30. The highest BCUT2D eigenvalue weighted by Gasteiger charge is 2.28. The van der Waals surface area contributed by atoms with E-state index in [1.807, 2.05) is 6.92 Å². The standard InChI is InChI=1S/C24H28N4O7S/c1-15-6-5-11-28(14-15)36(30,31)18-9-7-16(8-10-18)22(29)25-24-27-26-23(35-24)17-12-19(32-2)21(34-4)20(13-17)33-3/h7-10,12-13,15H,5-6,11,14H2,1-4H3,(H,25,27,29). The number of anilines is 1. The fraction of sp³-hybridized carbons (Fsp3) is 0.375. The van der Waals surface area contributed by atoms with E-state index in [1.54, 1.807) is 12.1 Å². The van der Waals surface area contributed by atoms with Crippen molar-refractivity contribution in [2.75, 3.05) is 39.7 Å². The van der Waals surface area contributed by atoms with Crippen LogP contribution in [0.4, 0.5) is 6.01 Å². The van der Waals surface area contributed by atoms with Crippen LogP contribution in [0.5, 0.6) is 17.2 Å². The molecule has 192 valence electrons. The highest BCUT2D eigenvalue weighted by molar-refractivity contribution is 7.89. The van der Waals surface area contributed by atoms with Crippen molar-refractivity contribution in [3.05, 3.63) is 42.0 Å². The Hall–Kier alpha value is -3.64. The summed E-state index contributed by atoms with van der Waals surface area (Å²) in [6.45, 7) is 3.04. The van der Waals surface area contributed by atoms with Gasteiger partial charge in [-0.05, 0) is 55.2 Å². The molecule has 0 saturated carbocycles. The van der Waals surface area contributed by atoms with E-state index in [4.69, 9.17) is 18.6 Å². The number of carbonyl (C=O) groups is 1. The van der Waals surface area contributed by atoms with Gasteiger partial charge in [-0.25, -0.2) is 8.42 Å². The topological polar surface area (TPSA) is 133 Å². The third kappa shape index (κ3) is 5.14. The van der Waals surface area contributed by atoms with Gasteiger partial charge in [0.1, 0.15) is 0 Å². The minimum absolute atomic E-state index is 0.122. The molecule has 36 heavy (non-hydrogen) atoms. The fourth-order valence-electron chi connectivity index (χ4n) is 4.06. The third-order valence-corrected chi connectivity index (χ3v) is 7.81. The zero-order chi connectivity index (χ0) is 25.9. The van der Waals surface area contributed by atoms with E-state index in [0.717, 1.165) is 12.8 Å². The van der Waals surface area contributed by atoms with Gasteiger partial charge in [-0.2, -0.15) is 4.31 Å². The van der Waals surface area contributed by atoms with Crippen LogP contribution in [-0.4, -0.2) is 63.2 Å². The molecule has 4 rings (SSSR count). The molecule has 1 saturated heterocycles. The lowest BCUT2D eigenvalue weighted by Crippen LogP contribution is -2.39. The first kappa shape index (κ1) is 25.5. The van der Waals surface area contributed by atoms with Crippen molar-refractivity contribution < 1.29 is 31.8 Å². The van der Waals surface area contributed by atoms with E-state index in [9.17, 15) is 13.2 Å². The van der Waals surface area contributed by atoms with Crippen molar-refractivity contribution in [1.29, 1.82) is 0 Å². The van der Waals surface area contributed by atoms with Crippen molar-refractivity contribution in [2.45, 2.75) is 24.7 Å². The zero-order valence-electron chi connectivity index (χ0n) is 20.5. The number of nitrogens with one attached hydrogen (secondary N) is 1. The number of aromatic nitrogens is 2. The largest absolute Gasteiger partial charge is 0.493 e. The maximum Gasteiger partial charge on any atom is 0.322 e. The van der Waals surface area contributed by atoms with Crippen molar-refractivity contribution in [1.82, 2.24) is 14.5 Å². The average molecular weight is 517 g/mol. The first-order valence-corrected chi connectivity index (χ1v) is 12.8. The monoisotopic (exact) mass is 516 g/mol. The van der Waals surface area contributed by atoms with Crippen molar-refractivity contribution in [2.24, 2.45) is 5.92 Å². The smallest absolute Gasteiger partial charge is 0.322 e. The number of amides is 1. The summed E-state index contributed by atoms with van der Waals surface area (Å²) in [6.07, 6.45) is 1.85. The van der Waals surface area contributed by atoms with Crippen LogP contribution in [0.15, 0.2) is 45.7 Å².